The van der Waals surface area contributed by atoms with Gasteiger partial charge in [0, 0.05) is 11.6 Å². The molecule has 0 aromatic heterocycles. The number of carbonyl (C=O) groups is 2. The van der Waals surface area contributed by atoms with Gasteiger partial charge in [-0.3, -0.25) is 9.59 Å². The Bertz CT molecular complexity index is 565. The molecule has 0 bridgehead atoms. The molecule has 0 saturated heterocycles. The van der Waals surface area contributed by atoms with Crippen LogP contribution < -0.4 is 5.32 Å². The number of amides is 1. The van der Waals surface area contributed by atoms with Crippen molar-refractivity contribution in [2.24, 2.45) is 11.3 Å². The molecule has 1 amide bonds. The second kappa shape index (κ2) is 6.51. The zero-order chi connectivity index (χ0) is 16.3. The zero-order valence-electron chi connectivity index (χ0n) is 13.6. The molecule has 1 aromatic rings. The van der Waals surface area contributed by atoms with E-state index in [4.69, 9.17) is 5.11 Å². The van der Waals surface area contributed by atoms with E-state index >= 15 is 0 Å². The van der Waals surface area contributed by atoms with Crippen LogP contribution in [0.3, 0.4) is 0 Å². The van der Waals surface area contributed by atoms with E-state index in [1.54, 1.807) is 25.1 Å². The summed E-state index contributed by atoms with van der Waals surface area (Å²) in [6.45, 7) is 6.07. The van der Waals surface area contributed by atoms with Gasteiger partial charge in [-0.1, -0.05) is 32.4 Å². The summed E-state index contributed by atoms with van der Waals surface area (Å²) in [6, 6.07) is 7.13. The number of aliphatic carboxylic acids is 1. The van der Waals surface area contributed by atoms with Gasteiger partial charge in [0.1, 0.15) is 0 Å². The number of hydrogen-bond acceptors (Lipinski definition) is 2. The lowest BCUT2D eigenvalue weighted by molar-refractivity contribution is -0.138. The van der Waals surface area contributed by atoms with E-state index in [2.05, 4.69) is 19.2 Å². The van der Waals surface area contributed by atoms with Gasteiger partial charge in [-0.15, -0.1) is 0 Å². The fourth-order valence-corrected chi connectivity index (χ4v) is 3.19. The number of hydrogen-bond donors (Lipinski definition) is 2. The molecule has 4 heteroatoms. The topological polar surface area (TPSA) is 66.4 Å². The van der Waals surface area contributed by atoms with Crippen molar-refractivity contribution >= 4 is 17.6 Å². The average Bonchev–Trinajstić information content (AvgIpc) is 2.45. The van der Waals surface area contributed by atoms with Gasteiger partial charge < -0.3 is 10.4 Å². The second-order valence-corrected chi connectivity index (χ2v) is 7.13. The van der Waals surface area contributed by atoms with Gasteiger partial charge in [0.15, 0.2) is 0 Å². The van der Waals surface area contributed by atoms with Crippen molar-refractivity contribution in [3.05, 3.63) is 29.8 Å². The van der Waals surface area contributed by atoms with Crippen LogP contribution in [0.1, 0.15) is 57.9 Å². The Kier molecular flexibility index (Phi) is 4.89. The van der Waals surface area contributed by atoms with Crippen molar-refractivity contribution in [3.63, 3.8) is 0 Å². The van der Waals surface area contributed by atoms with Gasteiger partial charge in [-0.25, -0.2) is 0 Å². The molecule has 0 radical (unpaired) electrons. The van der Waals surface area contributed by atoms with E-state index in [1.165, 1.54) is 6.42 Å². The molecule has 2 N–H and O–H groups in total. The van der Waals surface area contributed by atoms with Gasteiger partial charge in [0.05, 0.1) is 5.92 Å². The summed E-state index contributed by atoms with van der Waals surface area (Å²) >= 11 is 0. The minimum atomic E-state index is -0.863. The highest BCUT2D eigenvalue weighted by Crippen LogP contribution is 2.39. The van der Waals surface area contributed by atoms with Crippen molar-refractivity contribution in [2.75, 3.05) is 5.32 Å². The van der Waals surface area contributed by atoms with Crippen LogP contribution in [0, 0.1) is 11.3 Å². The van der Waals surface area contributed by atoms with Gasteiger partial charge in [-0.2, -0.15) is 0 Å². The third kappa shape index (κ3) is 4.09. The molecule has 0 aliphatic heterocycles. The minimum Gasteiger partial charge on any atom is -0.481 e. The first kappa shape index (κ1) is 16.5. The van der Waals surface area contributed by atoms with Crippen LogP contribution in [0.4, 0.5) is 5.69 Å². The van der Waals surface area contributed by atoms with Gasteiger partial charge in [0.2, 0.25) is 5.91 Å². The summed E-state index contributed by atoms with van der Waals surface area (Å²) in [5.41, 5.74) is 1.60. The molecule has 1 aliphatic rings. The van der Waals surface area contributed by atoms with Gasteiger partial charge >= 0.3 is 5.97 Å². The Hall–Kier alpha value is -1.84. The van der Waals surface area contributed by atoms with Crippen molar-refractivity contribution in [2.45, 2.75) is 52.4 Å². The number of carboxylic acid groups (broad SMARTS) is 1. The summed E-state index contributed by atoms with van der Waals surface area (Å²) in [5, 5.41) is 12.0. The van der Waals surface area contributed by atoms with E-state index in [-0.39, 0.29) is 17.2 Å². The first-order valence-electron chi connectivity index (χ1n) is 7.92. The molecule has 22 heavy (non-hydrogen) atoms. The largest absolute Gasteiger partial charge is 0.481 e. The van der Waals surface area contributed by atoms with Crippen LogP contribution in [0.15, 0.2) is 24.3 Å². The number of rotatable bonds is 4. The van der Waals surface area contributed by atoms with Crippen LogP contribution >= 0.6 is 0 Å². The molecule has 120 valence electrons. The molecule has 4 nitrogen and oxygen atoms in total. The zero-order valence-corrected chi connectivity index (χ0v) is 13.6. The van der Waals surface area contributed by atoms with E-state index in [1.807, 2.05) is 6.07 Å². The number of carbonyl (C=O) groups excluding carboxylic acids is 1. The Morgan fingerprint density at radius 3 is 2.73 bits per heavy atom. The lowest BCUT2D eigenvalue weighted by Gasteiger charge is -2.34. The highest BCUT2D eigenvalue weighted by molar-refractivity contribution is 5.92. The van der Waals surface area contributed by atoms with Crippen molar-refractivity contribution < 1.29 is 14.7 Å². The summed E-state index contributed by atoms with van der Waals surface area (Å²) in [4.78, 5) is 23.5. The number of carboxylic acids is 1. The third-order valence-corrected chi connectivity index (χ3v) is 4.60. The maximum Gasteiger partial charge on any atom is 0.310 e. The van der Waals surface area contributed by atoms with Crippen LogP contribution in [0.25, 0.3) is 0 Å². The second-order valence-electron chi connectivity index (χ2n) is 7.13. The molecule has 2 atom stereocenters. The Balaban J connectivity index is 2.05. The molecule has 0 heterocycles. The van der Waals surface area contributed by atoms with Crippen LogP contribution in [-0.4, -0.2) is 17.0 Å². The van der Waals surface area contributed by atoms with E-state index in [0.717, 1.165) is 19.3 Å². The summed E-state index contributed by atoms with van der Waals surface area (Å²) < 4.78 is 0. The van der Waals surface area contributed by atoms with E-state index in [0.29, 0.717) is 11.3 Å². The maximum absolute atomic E-state index is 12.4. The summed E-state index contributed by atoms with van der Waals surface area (Å²) in [5.74, 6) is -1.35. The third-order valence-electron chi connectivity index (χ3n) is 4.60. The predicted molar refractivity (Wildman–Crippen MR) is 86.9 cm³/mol. The minimum absolute atomic E-state index is 0.0457. The van der Waals surface area contributed by atoms with Crippen molar-refractivity contribution in [1.82, 2.24) is 0 Å². The molecule has 1 aliphatic carbocycles. The molecule has 0 spiro atoms. The molecule has 1 aromatic carbocycles. The molecular weight excluding hydrogens is 278 g/mol. The first-order chi connectivity index (χ1) is 10.3. The fourth-order valence-electron chi connectivity index (χ4n) is 3.19. The first-order valence-corrected chi connectivity index (χ1v) is 7.92. The lowest BCUT2D eigenvalue weighted by Crippen LogP contribution is -2.31. The number of benzene rings is 1. The average molecular weight is 303 g/mol. The van der Waals surface area contributed by atoms with Crippen LogP contribution in [-0.2, 0) is 9.59 Å². The maximum atomic E-state index is 12.4. The molecular formula is C18H25NO3. The smallest absolute Gasteiger partial charge is 0.310 e. The van der Waals surface area contributed by atoms with Crippen molar-refractivity contribution in [1.29, 1.82) is 0 Å². The summed E-state index contributed by atoms with van der Waals surface area (Å²) in [7, 11) is 0. The normalized spacial score (nSPS) is 21.9. The Morgan fingerprint density at radius 2 is 2.09 bits per heavy atom. The molecule has 2 rings (SSSR count). The van der Waals surface area contributed by atoms with Crippen molar-refractivity contribution in [3.8, 4) is 0 Å². The van der Waals surface area contributed by atoms with E-state index < -0.39 is 11.9 Å². The van der Waals surface area contributed by atoms with E-state index in [9.17, 15) is 9.59 Å². The Labute approximate surface area is 131 Å². The van der Waals surface area contributed by atoms with Crippen LogP contribution in [0.5, 0.6) is 0 Å². The highest BCUT2D eigenvalue weighted by Gasteiger charge is 2.32. The monoisotopic (exact) mass is 303 g/mol. The number of nitrogens with one attached hydrogen (secondary N) is 1. The predicted octanol–water partition coefficient (Wildman–Crippen LogP) is 4.03. The van der Waals surface area contributed by atoms with Crippen LogP contribution in [0.2, 0.25) is 0 Å². The molecule has 1 fully saturated rings. The number of anilines is 1. The fraction of sp³-hybridized carbons (Fsp3) is 0.556. The highest BCUT2D eigenvalue weighted by atomic mass is 16.4. The molecule has 1 saturated carbocycles. The molecule has 2 unspecified atom stereocenters. The summed E-state index contributed by atoms with van der Waals surface area (Å²) in [6.07, 6.45) is 4.09. The lowest BCUT2D eigenvalue weighted by atomic mass is 9.72. The van der Waals surface area contributed by atoms with Gasteiger partial charge in [0.25, 0.3) is 0 Å². The Morgan fingerprint density at radius 1 is 1.36 bits per heavy atom. The standard InChI is InChI=1S/C18H25NO3/c1-12(17(21)22)13-6-4-8-15(10-13)19-16(20)14-7-5-9-18(2,3)11-14/h4,6,8,10,12,14H,5,7,9,11H2,1-3H3,(H,19,20)(H,21,22). The SMILES string of the molecule is CC(C(=O)O)c1cccc(NC(=O)C2CCCC(C)(C)C2)c1. The quantitative estimate of drug-likeness (QED) is 0.882. The van der Waals surface area contributed by atoms with Gasteiger partial charge in [-0.05, 0) is 49.3 Å².